The van der Waals surface area contributed by atoms with E-state index in [9.17, 15) is 24.5 Å². The van der Waals surface area contributed by atoms with Gasteiger partial charge in [0.2, 0.25) is 5.75 Å². The molecule has 0 amide bonds. The van der Waals surface area contributed by atoms with E-state index in [2.05, 4.69) is 11.3 Å². The number of benzene rings is 1. The normalized spacial score (nSPS) is 11.2. The molecular formula is C17H19NO8. The molecule has 0 bridgehead atoms. The van der Waals surface area contributed by atoms with Gasteiger partial charge in [-0.05, 0) is 25.5 Å². The number of ether oxygens (including phenoxy) is 3. The van der Waals surface area contributed by atoms with Crippen molar-refractivity contribution in [2.45, 2.75) is 32.8 Å². The van der Waals surface area contributed by atoms with Crippen molar-refractivity contribution < 1.29 is 33.5 Å². The Bertz CT molecular complexity index is 740. The fourth-order valence-corrected chi connectivity index (χ4v) is 1.88. The van der Waals surface area contributed by atoms with Gasteiger partial charge in [0.05, 0.1) is 17.6 Å². The van der Waals surface area contributed by atoms with Crippen LogP contribution in [0.1, 0.15) is 37.0 Å². The van der Waals surface area contributed by atoms with Crippen LogP contribution in [0.15, 0.2) is 30.4 Å². The molecule has 1 unspecified atom stereocenters. The molecule has 9 heteroatoms. The van der Waals surface area contributed by atoms with Crippen molar-refractivity contribution in [3.63, 3.8) is 0 Å². The van der Waals surface area contributed by atoms with E-state index in [4.69, 9.17) is 9.47 Å². The summed E-state index contributed by atoms with van der Waals surface area (Å²) in [5.41, 5.74) is -0.562. The highest BCUT2D eigenvalue weighted by atomic mass is 16.6. The first-order valence-corrected chi connectivity index (χ1v) is 7.66. The van der Waals surface area contributed by atoms with E-state index in [0.717, 1.165) is 19.2 Å². The minimum absolute atomic E-state index is 0.0715. The van der Waals surface area contributed by atoms with Gasteiger partial charge >= 0.3 is 23.6 Å². The predicted octanol–water partition coefficient (Wildman–Crippen LogP) is 2.57. The Hall–Kier alpha value is -3.23. The first-order chi connectivity index (χ1) is 12.2. The van der Waals surface area contributed by atoms with Crippen molar-refractivity contribution in [3.8, 4) is 5.75 Å². The number of nitrogens with zero attached hydrogens (tertiary/aromatic N) is 1. The third kappa shape index (κ3) is 5.40. The topological polar surface area (TPSA) is 122 Å². The maximum absolute atomic E-state index is 12.3. The number of hydrogen-bond donors (Lipinski definition) is 0. The average Bonchev–Trinajstić information content (AvgIpc) is 2.60. The third-order valence-corrected chi connectivity index (χ3v) is 3.20. The zero-order valence-electron chi connectivity index (χ0n) is 14.6. The number of carbonyl (C=O) groups is 3. The standard InChI is InChI=1S/C17H19NO8/c1-5-6-14(26-15(19)10(2)3)17(21)25-13-8-7-11(16(20)24-4)9-12(13)18(22)23/h7-9,14H,2,5-6H2,1,3-4H3. The lowest BCUT2D eigenvalue weighted by atomic mass is 10.2. The van der Waals surface area contributed by atoms with Crippen molar-refractivity contribution in [3.05, 3.63) is 46.0 Å². The van der Waals surface area contributed by atoms with Gasteiger partial charge in [-0.2, -0.15) is 0 Å². The quantitative estimate of drug-likeness (QED) is 0.226. The van der Waals surface area contributed by atoms with Crippen LogP contribution >= 0.6 is 0 Å². The highest BCUT2D eigenvalue weighted by Crippen LogP contribution is 2.29. The van der Waals surface area contributed by atoms with E-state index in [1.54, 1.807) is 6.92 Å². The van der Waals surface area contributed by atoms with Gasteiger partial charge in [0, 0.05) is 11.6 Å². The SMILES string of the molecule is C=C(C)C(=O)OC(CCC)C(=O)Oc1ccc(C(=O)OC)cc1[N+](=O)[O-]. The summed E-state index contributed by atoms with van der Waals surface area (Å²) in [5, 5.41) is 11.2. The fraction of sp³-hybridized carbons (Fsp3) is 0.353. The van der Waals surface area contributed by atoms with Crippen LogP contribution in [0.4, 0.5) is 5.69 Å². The molecule has 1 aromatic rings. The number of hydrogen-bond acceptors (Lipinski definition) is 8. The van der Waals surface area contributed by atoms with Crippen molar-refractivity contribution in [2.24, 2.45) is 0 Å². The van der Waals surface area contributed by atoms with E-state index in [1.807, 2.05) is 0 Å². The molecule has 0 saturated carbocycles. The minimum atomic E-state index is -1.23. The van der Waals surface area contributed by atoms with Crippen LogP contribution in [0, 0.1) is 10.1 Å². The lowest BCUT2D eigenvalue weighted by Crippen LogP contribution is -2.31. The zero-order chi connectivity index (χ0) is 19.9. The number of nitro groups is 1. The van der Waals surface area contributed by atoms with E-state index >= 15 is 0 Å². The van der Waals surface area contributed by atoms with Gasteiger partial charge in [-0.15, -0.1) is 0 Å². The lowest BCUT2D eigenvalue weighted by Gasteiger charge is -2.16. The second kappa shape index (κ2) is 9.30. The Balaban J connectivity index is 3.08. The van der Waals surface area contributed by atoms with Crippen LogP contribution in [0.5, 0.6) is 5.75 Å². The van der Waals surface area contributed by atoms with Crippen LogP contribution in [0.25, 0.3) is 0 Å². The Morgan fingerprint density at radius 3 is 2.46 bits per heavy atom. The van der Waals surface area contributed by atoms with Crippen molar-refractivity contribution >= 4 is 23.6 Å². The number of nitro benzene ring substituents is 1. The molecule has 0 aliphatic carbocycles. The van der Waals surface area contributed by atoms with E-state index in [1.165, 1.54) is 13.0 Å². The Labute approximate surface area is 149 Å². The first kappa shape index (κ1) is 20.8. The van der Waals surface area contributed by atoms with Gasteiger partial charge in [-0.25, -0.2) is 14.4 Å². The predicted molar refractivity (Wildman–Crippen MR) is 89.7 cm³/mol. The summed E-state index contributed by atoms with van der Waals surface area (Å²) in [6, 6.07) is 3.26. The molecule has 0 fully saturated rings. The van der Waals surface area contributed by atoms with Crippen LogP contribution < -0.4 is 4.74 Å². The lowest BCUT2D eigenvalue weighted by molar-refractivity contribution is -0.385. The van der Waals surface area contributed by atoms with Gasteiger partial charge in [0.15, 0.2) is 6.10 Å². The van der Waals surface area contributed by atoms with Crippen LogP contribution in [-0.2, 0) is 19.1 Å². The molecule has 0 aromatic heterocycles. The maximum atomic E-state index is 12.3. The van der Waals surface area contributed by atoms with Gasteiger partial charge in [0.1, 0.15) is 0 Å². The average molecular weight is 365 g/mol. The van der Waals surface area contributed by atoms with Gasteiger partial charge in [-0.1, -0.05) is 19.9 Å². The molecule has 0 saturated heterocycles. The molecule has 1 aromatic carbocycles. The molecule has 0 aliphatic rings. The summed E-state index contributed by atoms with van der Waals surface area (Å²) in [6.45, 7) is 6.61. The monoisotopic (exact) mass is 365 g/mol. The van der Waals surface area contributed by atoms with Gasteiger partial charge in [-0.3, -0.25) is 10.1 Å². The van der Waals surface area contributed by atoms with Gasteiger partial charge in [0.25, 0.3) is 0 Å². The Morgan fingerprint density at radius 1 is 1.31 bits per heavy atom. The highest BCUT2D eigenvalue weighted by Gasteiger charge is 2.28. The first-order valence-electron chi connectivity index (χ1n) is 7.66. The molecule has 140 valence electrons. The largest absolute Gasteiger partial charge is 0.465 e. The molecule has 9 nitrogen and oxygen atoms in total. The number of rotatable bonds is 8. The molecule has 0 heterocycles. The Kier molecular flexibility index (Phi) is 7.45. The minimum Gasteiger partial charge on any atom is -0.465 e. The Morgan fingerprint density at radius 2 is 1.96 bits per heavy atom. The number of carbonyl (C=O) groups excluding carboxylic acids is 3. The van der Waals surface area contributed by atoms with E-state index in [-0.39, 0.29) is 23.3 Å². The highest BCUT2D eigenvalue weighted by molar-refractivity contribution is 5.91. The molecule has 0 aliphatic heterocycles. The molecule has 26 heavy (non-hydrogen) atoms. The van der Waals surface area contributed by atoms with Gasteiger partial charge < -0.3 is 14.2 Å². The summed E-state index contributed by atoms with van der Waals surface area (Å²) in [7, 11) is 1.13. The number of methoxy groups -OCH3 is 1. The molecule has 0 spiro atoms. The van der Waals surface area contributed by atoms with E-state index in [0.29, 0.717) is 6.42 Å². The fourth-order valence-electron chi connectivity index (χ4n) is 1.88. The summed E-state index contributed by atoms with van der Waals surface area (Å²) in [5.74, 6) is -2.88. The zero-order valence-corrected chi connectivity index (χ0v) is 14.6. The second-order valence-electron chi connectivity index (χ2n) is 5.32. The molecule has 0 radical (unpaired) electrons. The number of esters is 3. The van der Waals surface area contributed by atoms with E-state index < -0.39 is 34.6 Å². The van der Waals surface area contributed by atoms with Crippen LogP contribution in [0.3, 0.4) is 0 Å². The molecular weight excluding hydrogens is 346 g/mol. The molecule has 1 rings (SSSR count). The third-order valence-electron chi connectivity index (χ3n) is 3.20. The smallest absolute Gasteiger partial charge is 0.353 e. The second-order valence-corrected chi connectivity index (χ2v) is 5.32. The summed E-state index contributed by atoms with van der Waals surface area (Å²) in [4.78, 5) is 45.8. The summed E-state index contributed by atoms with van der Waals surface area (Å²) >= 11 is 0. The molecule has 1 atom stereocenters. The maximum Gasteiger partial charge on any atom is 0.353 e. The van der Waals surface area contributed by atoms with Crippen molar-refractivity contribution in [1.29, 1.82) is 0 Å². The van der Waals surface area contributed by atoms with Crippen molar-refractivity contribution in [2.75, 3.05) is 7.11 Å². The van der Waals surface area contributed by atoms with Crippen LogP contribution in [0.2, 0.25) is 0 Å². The summed E-state index contributed by atoms with van der Waals surface area (Å²) in [6.07, 6.45) is -0.553. The summed E-state index contributed by atoms with van der Waals surface area (Å²) < 4.78 is 14.5. The molecule has 0 N–H and O–H groups in total. The van der Waals surface area contributed by atoms with Crippen molar-refractivity contribution in [1.82, 2.24) is 0 Å². The van der Waals surface area contributed by atoms with Crippen LogP contribution in [-0.4, -0.2) is 36.0 Å².